The number of rotatable bonds is 5. The average molecular weight is 328 g/mol. The molecule has 0 unspecified atom stereocenters. The van der Waals surface area contributed by atoms with Gasteiger partial charge in [-0.2, -0.15) is 0 Å². The van der Waals surface area contributed by atoms with Gasteiger partial charge in [-0.1, -0.05) is 28.1 Å². The van der Waals surface area contributed by atoms with Crippen LogP contribution in [-0.4, -0.2) is 42.4 Å². The van der Waals surface area contributed by atoms with Gasteiger partial charge in [0, 0.05) is 30.7 Å². The summed E-state index contributed by atoms with van der Waals surface area (Å²) in [6.45, 7) is 5.58. The Labute approximate surface area is 123 Å². The van der Waals surface area contributed by atoms with Crippen molar-refractivity contribution in [2.24, 2.45) is 0 Å². The van der Waals surface area contributed by atoms with Gasteiger partial charge in [0.2, 0.25) is 0 Å². The molecule has 0 radical (unpaired) electrons. The van der Waals surface area contributed by atoms with E-state index < -0.39 is 6.10 Å². The third-order valence-electron chi connectivity index (χ3n) is 3.62. The predicted molar refractivity (Wildman–Crippen MR) is 80.2 cm³/mol. The van der Waals surface area contributed by atoms with Gasteiger partial charge in [-0.25, -0.2) is 0 Å². The van der Waals surface area contributed by atoms with Crippen molar-refractivity contribution in [2.75, 3.05) is 26.2 Å². The van der Waals surface area contributed by atoms with Crippen LogP contribution in [0.3, 0.4) is 0 Å². The summed E-state index contributed by atoms with van der Waals surface area (Å²) in [5.41, 5.74) is 0.982. The van der Waals surface area contributed by atoms with Gasteiger partial charge < -0.3 is 14.7 Å². The van der Waals surface area contributed by atoms with Crippen molar-refractivity contribution in [1.29, 1.82) is 0 Å². The van der Waals surface area contributed by atoms with Gasteiger partial charge in [-0.15, -0.1) is 0 Å². The zero-order valence-electron chi connectivity index (χ0n) is 11.4. The van der Waals surface area contributed by atoms with Gasteiger partial charge in [0.1, 0.15) is 0 Å². The van der Waals surface area contributed by atoms with E-state index in [9.17, 15) is 5.11 Å². The SMILES string of the molecule is CCOC1CCN(C[C@@H](O)c2ccc(Br)cc2)CC1. The first kappa shape index (κ1) is 15.0. The second-order valence-electron chi connectivity index (χ2n) is 5.02. The maximum Gasteiger partial charge on any atom is 0.0916 e. The van der Waals surface area contributed by atoms with Crippen molar-refractivity contribution in [1.82, 2.24) is 4.90 Å². The van der Waals surface area contributed by atoms with Crippen LogP contribution in [0.2, 0.25) is 0 Å². The second kappa shape index (κ2) is 7.39. The first-order valence-corrected chi connectivity index (χ1v) is 7.76. The van der Waals surface area contributed by atoms with Crippen LogP contribution in [0.4, 0.5) is 0 Å². The molecule has 2 rings (SSSR count). The molecule has 4 heteroatoms. The van der Waals surface area contributed by atoms with Crippen LogP contribution < -0.4 is 0 Å². The molecule has 0 spiro atoms. The topological polar surface area (TPSA) is 32.7 Å². The number of nitrogens with zero attached hydrogens (tertiary/aromatic N) is 1. The Hall–Kier alpha value is -0.420. The molecular weight excluding hydrogens is 306 g/mol. The summed E-state index contributed by atoms with van der Waals surface area (Å²) < 4.78 is 6.68. The largest absolute Gasteiger partial charge is 0.387 e. The van der Waals surface area contributed by atoms with Crippen LogP contribution in [0, 0.1) is 0 Å². The lowest BCUT2D eigenvalue weighted by Crippen LogP contribution is -2.39. The molecule has 1 aliphatic heterocycles. The maximum absolute atomic E-state index is 10.2. The van der Waals surface area contributed by atoms with Gasteiger partial charge in [0.15, 0.2) is 0 Å². The molecule has 1 fully saturated rings. The molecule has 1 aliphatic rings. The van der Waals surface area contributed by atoms with E-state index in [2.05, 4.69) is 20.8 Å². The lowest BCUT2D eigenvalue weighted by Gasteiger charge is -2.33. The maximum atomic E-state index is 10.2. The second-order valence-corrected chi connectivity index (χ2v) is 5.94. The summed E-state index contributed by atoms with van der Waals surface area (Å²) in [4.78, 5) is 2.32. The van der Waals surface area contributed by atoms with E-state index in [4.69, 9.17) is 4.74 Å². The Morgan fingerprint density at radius 2 is 1.95 bits per heavy atom. The Kier molecular flexibility index (Phi) is 5.82. The third-order valence-corrected chi connectivity index (χ3v) is 4.15. The molecule has 1 aromatic carbocycles. The Balaban J connectivity index is 1.80. The van der Waals surface area contributed by atoms with Gasteiger partial charge in [-0.3, -0.25) is 0 Å². The fourth-order valence-electron chi connectivity index (χ4n) is 2.53. The molecule has 1 atom stereocenters. The van der Waals surface area contributed by atoms with Gasteiger partial charge >= 0.3 is 0 Å². The van der Waals surface area contributed by atoms with Crippen molar-refractivity contribution >= 4 is 15.9 Å². The Bertz CT molecular complexity index is 374. The van der Waals surface area contributed by atoms with Crippen molar-refractivity contribution in [3.8, 4) is 0 Å². The lowest BCUT2D eigenvalue weighted by molar-refractivity contribution is 0.00328. The fraction of sp³-hybridized carbons (Fsp3) is 0.600. The molecule has 1 N–H and O–H groups in total. The first-order valence-electron chi connectivity index (χ1n) is 6.96. The van der Waals surface area contributed by atoms with Gasteiger partial charge in [0.25, 0.3) is 0 Å². The van der Waals surface area contributed by atoms with Crippen molar-refractivity contribution < 1.29 is 9.84 Å². The van der Waals surface area contributed by atoms with Crippen LogP contribution in [-0.2, 0) is 4.74 Å². The molecule has 1 heterocycles. The quantitative estimate of drug-likeness (QED) is 0.902. The highest BCUT2D eigenvalue weighted by molar-refractivity contribution is 9.10. The first-order chi connectivity index (χ1) is 9.19. The molecule has 0 aliphatic carbocycles. The highest BCUT2D eigenvalue weighted by Crippen LogP contribution is 2.20. The van der Waals surface area contributed by atoms with Crippen LogP contribution in [0.15, 0.2) is 28.7 Å². The van der Waals surface area contributed by atoms with Crippen molar-refractivity contribution in [3.63, 3.8) is 0 Å². The zero-order valence-corrected chi connectivity index (χ0v) is 13.0. The number of piperidine rings is 1. The predicted octanol–water partition coefficient (Wildman–Crippen LogP) is 2.98. The summed E-state index contributed by atoms with van der Waals surface area (Å²) in [6, 6.07) is 7.89. The molecule has 1 aromatic rings. The summed E-state index contributed by atoms with van der Waals surface area (Å²) >= 11 is 3.41. The van der Waals surface area contributed by atoms with E-state index in [0.717, 1.165) is 42.6 Å². The van der Waals surface area contributed by atoms with Crippen LogP contribution in [0.25, 0.3) is 0 Å². The van der Waals surface area contributed by atoms with E-state index in [-0.39, 0.29) is 0 Å². The van der Waals surface area contributed by atoms with Crippen LogP contribution in [0.1, 0.15) is 31.4 Å². The Morgan fingerprint density at radius 1 is 1.32 bits per heavy atom. The van der Waals surface area contributed by atoms with Crippen molar-refractivity contribution in [3.05, 3.63) is 34.3 Å². The molecule has 19 heavy (non-hydrogen) atoms. The molecule has 0 aromatic heterocycles. The number of halogens is 1. The molecule has 3 nitrogen and oxygen atoms in total. The highest BCUT2D eigenvalue weighted by atomic mass is 79.9. The van der Waals surface area contributed by atoms with E-state index in [1.54, 1.807) is 0 Å². The Morgan fingerprint density at radius 3 is 2.53 bits per heavy atom. The van der Waals surface area contributed by atoms with E-state index >= 15 is 0 Å². The summed E-state index contributed by atoms with van der Waals surface area (Å²) in [5, 5.41) is 10.2. The van der Waals surface area contributed by atoms with E-state index in [1.807, 2.05) is 31.2 Å². The number of ether oxygens (including phenoxy) is 1. The van der Waals surface area contributed by atoms with E-state index in [0.29, 0.717) is 12.6 Å². The molecule has 1 saturated heterocycles. The fourth-order valence-corrected chi connectivity index (χ4v) is 2.79. The molecule has 0 bridgehead atoms. The number of likely N-dealkylation sites (tertiary alicyclic amines) is 1. The van der Waals surface area contributed by atoms with Gasteiger partial charge in [0.05, 0.1) is 12.2 Å². The summed E-state index contributed by atoms with van der Waals surface area (Å²) in [6.07, 6.45) is 2.14. The zero-order chi connectivity index (χ0) is 13.7. The number of β-amino-alcohol motifs (C(OH)–C–C–N with tert-alkyl or cyclic N) is 1. The third kappa shape index (κ3) is 4.56. The number of aliphatic hydroxyl groups is 1. The molecular formula is C15H22BrNO2. The number of aliphatic hydroxyl groups excluding tert-OH is 1. The number of hydrogen-bond acceptors (Lipinski definition) is 3. The average Bonchev–Trinajstić information content (AvgIpc) is 2.42. The minimum absolute atomic E-state index is 0.406. The minimum Gasteiger partial charge on any atom is -0.387 e. The normalized spacial score (nSPS) is 19.5. The lowest BCUT2D eigenvalue weighted by atomic mass is 10.1. The standard InChI is InChI=1S/C15H22BrNO2/c1-2-19-14-7-9-17(10-8-14)11-15(18)12-3-5-13(16)6-4-12/h3-6,14-15,18H,2,7-11H2,1H3/t15-/m1/s1. The minimum atomic E-state index is -0.406. The molecule has 106 valence electrons. The summed E-state index contributed by atoms with van der Waals surface area (Å²) in [7, 11) is 0. The smallest absolute Gasteiger partial charge is 0.0916 e. The van der Waals surface area contributed by atoms with Crippen LogP contribution >= 0.6 is 15.9 Å². The molecule has 0 saturated carbocycles. The summed E-state index contributed by atoms with van der Waals surface area (Å²) in [5.74, 6) is 0. The number of hydrogen-bond donors (Lipinski definition) is 1. The monoisotopic (exact) mass is 327 g/mol. The van der Waals surface area contributed by atoms with E-state index in [1.165, 1.54) is 0 Å². The number of benzene rings is 1. The molecule has 0 amide bonds. The van der Waals surface area contributed by atoms with Crippen molar-refractivity contribution in [2.45, 2.75) is 32.0 Å². The highest BCUT2D eigenvalue weighted by Gasteiger charge is 2.21. The van der Waals surface area contributed by atoms with Crippen LogP contribution in [0.5, 0.6) is 0 Å². The van der Waals surface area contributed by atoms with Gasteiger partial charge in [-0.05, 0) is 37.5 Å².